The summed E-state index contributed by atoms with van der Waals surface area (Å²) in [6.45, 7) is 10.0. The molecule has 0 amide bonds. The van der Waals surface area contributed by atoms with E-state index in [1.165, 1.54) is 12.3 Å². The van der Waals surface area contributed by atoms with Crippen LogP contribution in [0.4, 0.5) is 4.39 Å². The largest absolute Gasteiger partial charge is 0.373 e. The van der Waals surface area contributed by atoms with Gasteiger partial charge in [-0.1, -0.05) is 19.6 Å². The summed E-state index contributed by atoms with van der Waals surface area (Å²) in [6, 6.07) is 8.27. The molecule has 0 N–H and O–H groups in total. The average molecular weight is 466 g/mol. The molecule has 9 heteroatoms. The van der Waals surface area contributed by atoms with Crippen molar-refractivity contribution in [1.29, 1.82) is 0 Å². The molecule has 0 saturated heterocycles. The van der Waals surface area contributed by atoms with Crippen molar-refractivity contribution in [2.45, 2.75) is 45.6 Å². The van der Waals surface area contributed by atoms with Gasteiger partial charge >= 0.3 is 0 Å². The zero-order valence-electron chi connectivity index (χ0n) is 19.2. The van der Waals surface area contributed by atoms with Gasteiger partial charge in [0.05, 0.1) is 37.3 Å². The minimum Gasteiger partial charge on any atom is -0.373 e. The van der Waals surface area contributed by atoms with Crippen molar-refractivity contribution in [2.75, 3.05) is 13.2 Å². The first-order valence-electron chi connectivity index (χ1n) is 11.2. The van der Waals surface area contributed by atoms with Crippen LogP contribution in [-0.4, -0.2) is 45.6 Å². The molecular formula is C24H28FN5O2Si. The van der Waals surface area contributed by atoms with Gasteiger partial charge in [0.1, 0.15) is 23.9 Å². The number of hydrogen-bond donors (Lipinski definition) is 0. The predicted molar refractivity (Wildman–Crippen MR) is 128 cm³/mol. The molecule has 5 heterocycles. The maximum atomic E-state index is 13.5. The highest BCUT2D eigenvalue weighted by molar-refractivity contribution is 6.76. The van der Waals surface area contributed by atoms with E-state index in [2.05, 4.69) is 35.7 Å². The van der Waals surface area contributed by atoms with E-state index in [1.54, 1.807) is 6.07 Å². The minimum absolute atomic E-state index is 0.370. The van der Waals surface area contributed by atoms with Crippen LogP contribution < -0.4 is 0 Å². The Bertz CT molecular complexity index is 1280. The molecule has 1 aliphatic heterocycles. The van der Waals surface area contributed by atoms with E-state index in [1.807, 2.05) is 27.7 Å². The van der Waals surface area contributed by atoms with Crippen molar-refractivity contribution in [1.82, 2.24) is 24.3 Å². The van der Waals surface area contributed by atoms with Crippen LogP contribution >= 0.6 is 0 Å². The molecule has 0 saturated carbocycles. The minimum atomic E-state index is -1.13. The number of halogens is 1. The van der Waals surface area contributed by atoms with E-state index >= 15 is 0 Å². The second-order valence-corrected chi connectivity index (χ2v) is 15.2. The monoisotopic (exact) mass is 465 g/mol. The zero-order valence-corrected chi connectivity index (χ0v) is 20.2. The lowest BCUT2D eigenvalue weighted by atomic mass is 9.99. The van der Waals surface area contributed by atoms with Gasteiger partial charge in [0.2, 0.25) is 0 Å². The Balaban J connectivity index is 1.55. The SMILES string of the molecule is C[Si](C)(C)CCOCn1ccc2c(-c3c(-c4ccc(F)cn4)nn4c3COCC4)ccnc21. The number of pyridine rings is 2. The third kappa shape index (κ3) is 4.48. The second-order valence-electron chi connectivity index (χ2n) is 9.54. The molecule has 172 valence electrons. The van der Waals surface area contributed by atoms with Crippen LogP contribution in [0.3, 0.4) is 0 Å². The summed E-state index contributed by atoms with van der Waals surface area (Å²) in [4.78, 5) is 8.94. The molecule has 0 spiro atoms. The van der Waals surface area contributed by atoms with Gasteiger partial charge in [0.15, 0.2) is 0 Å². The number of fused-ring (bicyclic) bond motifs is 2. The second kappa shape index (κ2) is 8.81. The molecule has 1 aliphatic rings. The Morgan fingerprint density at radius 1 is 1.15 bits per heavy atom. The van der Waals surface area contributed by atoms with Gasteiger partial charge in [-0.2, -0.15) is 5.10 Å². The van der Waals surface area contributed by atoms with E-state index in [9.17, 15) is 4.39 Å². The molecular weight excluding hydrogens is 437 g/mol. The van der Waals surface area contributed by atoms with E-state index in [0.29, 0.717) is 32.2 Å². The first-order chi connectivity index (χ1) is 15.9. The summed E-state index contributed by atoms with van der Waals surface area (Å²) in [7, 11) is -1.13. The third-order valence-electron chi connectivity index (χ3n) is 5.87. The lowest BCUT2D eigenvalue weighted by molar-refractivity contribution is 0.0805. The maximum Gasteiger partial charge on any atom is 0.142 e. The van der Waals surface area contributed by atoms with Crippen molar-refractivity contribution in [3.63, 3.8) is 0 Å². The Kier molecular flexibility index (Phi) is 5.86. The molecule has 0 unspecified atom stereocenters. The van der Waals surface area contributed by atoms with E-state index in [0.717, 1.165) is 46.2 Å². The van der Waals surface area contributed by atoms with Gasteiger partial charge in [-0.15, -0.1) is 0 Å². The van der Waals surface area contributed by atoms with Crippen molar-refractivity contribution >= 4 is 19.1 Å². The molecule has 0 aromatic carbocycles. The number of ether oxygens (including phenoxy) is 2. The van der Waals surface area contributed by atoms with Gasteiger partial charge in [-0.25, -0.2) is 9.37 Å². The molecule has 0 atom stereocenters. The summed E-state index contributed by atoms with van der Waals surface area (Å²) in [5.74, 6) is -0.370. The van der Waals surface area contributed by atoms with Crippen LogP contribution in [0.2, 0.25) is 25.7 Å². The standard InChI is InChI=1S/C24H28FN5O2Si/c1-33(2,3)13-12-32-16-29-9-7-19-18(6-8-26-24(19)29)22-21-15-31-11-10-30(21)28-23(22)20-5-4-17(25)14-27-20/h4-9,14H,10-13,15-16H2,1-3H3. The molecule has 5 rings (SSSR count). The van der Waals surface area contributed by atoms with Crippen LogP contribution in [0, 0.1) is 5.82 Å². The van der Waals surface area contributed by atoms with Gasteiger partial charge < -0.3 is 14.0 Å². The number of aromatic nitrogens is 5. The van der Waals surface area contributed by atoms with Crippen LogP contribution in [-0.2, 0) is 29.4 Å². The van der Waals surface area contributed by atoms with Crippen molar-refractivity contribution in [3.05, 3.63) is 54.4 Å². The van der Waals surface area contributed by atoms with Crippen molar-refractivity contribution in [2.24, 2.45) is 0 Å². The Morgan fingerprint density at radius 3 is 2.82 bits per heavy atom. The lowest BCUT2D eigenvalue weighted by Gasteiger charge is -2.16. The molecule has 4 aromatic heterocycles. The molecule has 0 radical (unpaired) electrons. The van der Waals surface area contributed by atoms with Gasteiger partial charge in [-0.05, 0) is 35.9 Å². The highest BCUT2D eigenvalue weighted by atomic mass is 28.3. The smallest absolute Gasteiger partial charge is 0.142 e. The predicted octanol–water partition coefficient (Wildman–Crippen LogP) is 4.94. The number of nitrogens with zero attached hydrogens (tertiary/aromatic N) is 5. The molecule has 33 heavy (non-hydrogen) atoms. The fourth-order valence-electron chi connectivity index (χ4n) is 4.08. The van der Waals surface area contributed by atoms with Gasteiger partial charge in [0, 0.05) is 38.0 Å². The molecule has 4 aromatic rings. The first-order valence-corrected chi connectivity index (χ1v) is 14.9. The van der Waals surface area contributed by atoms with Crippen LogP contribution in [0.15, 0.2) is 42.9 Å². The quantitative estimate of drug-likeness (QED) is 0.286. The van der Waals surface area contributed by atoms with Crippen LogP contribution in [0.5, 0.6) is 0 Å². The summed E-state index contributed by atoms with van der Waals surface area (Å²) < 4.78 is 29.3. The maximum absolute atomic E-state index is 13.5. The number of hydrogen-bond acceptors (Lipinski definition) is 5. The number of rotatable bonds is 7. The van der Waals surface area contributed by atoms with Gasteiger partial charge in [0.25, 0.3) is 0 Å². The zero-order chi connectivity index (χ0) is 23.0. The van der Waals surface area contributed by atoms with E-state index in [-0.39, 0.29) is 5.82 Å². The first kappa shape index (κ1) is 21.9. The molecule has 7 nitrogen and oxygen atoms in total. The van der Waals surface area contributed by atoms with Crippen molar-refractivity contribution < 1.29 is 13.9 Å². The van der Waals surface area contributed by atoms with Crippen LogP contribution in [0.1, 0.15) is 5.69 Å². The molecule has 0 aliphatic carbocycles. The Hall–Kier alpha value is -2.88. The summed E-state index contributed by atoms with van der Waals surface area (Å²) in [5, 5.41) is 5.84. The Labute approximate surface area is 193 Å². The van der Waals surface area contributed by atoms with E-state index in [4.69, 9.17) is 14.6 Å². The van der Waals surface area contributed by atoms with Crippen LogP contribution in [0.25, 0.3) is 33.5 Å². The highest BCUT2D eigenvalue weighted by Crippen LogP contribution is 2.38. The molecule has 0 bridgehead atoms. The fraction of sp³-hybridized carbons (Fsp3) is 0.375. The summed E-state index contributed by atoms with van der Waals surface area (Å²) in [6.07, 6.45) is 5.05. The summed E-state index contributed by atoms with van der Waals surface area (Å²) in [5.41, 5.74) is 5.17. The highest BCUT2D eigenvalue weighted by Gasteiger charge is 2.25. The fourth-order valence-corrected chi connectivity index (χ4v) is 4.84. The lowest BCUT2D eigenvalue weighted by Crippen LogP contribution is -2.22. The van der Waals surface area contributed by atoms with Gasteiger partial charge in [-0.3, -0.25) is 9.67 Å². The summed E-state index contributed by atoms with van der Waals surface area (Å²) >= 11 is 0. The topological polar surface area (TPSA) is 67.0 Å². The molecule has 0 fully saturated rings. The van der Waals surface area contributed by atoms with Crippen molar-refractivity contribution in [3.8, 4) is 22.5 Å². The average Bonchev–Trinajstić information content (AvgIpc) is 3.38. The third-order valence-corrected chi connectivity index (χ3v) is 7.58. The normalized spacial score (nSPS) is 14.1. The van der Waals surface area contributed by atoms with E-state index < -0.39 is 8.07 Å². The Morgan fingerprint density at radius 2 is 2.03 bits per heavy atom.